The van der Waals surface area contributed by atoms with Gasteiger partial charge in [0.15, 0.2) is 11.5 Å². The smallest absolute Gasteiger partial charge is 0.290 e. The molecule has 0 fully saturated rings. The Morgan fingerprint density at radius 2 is 1.68 bits per heavy atom. The number of aliphatic hydroxyl groups excluding tert-OH is 1. The number of benzene rings is 2. The van der Waals surface area contributed by atoms with E-state index >= 15 is 0 Å². The zero-order valence-electron chi connectivity index (χ0n) is 15.8. The lowest BCUT2D eigenvalue weighted by atomic mass is 9.96. The second kappa shape index (κ2) is 8.08. The van der Waals surface area contributed by atoms with Crippen LogP contribution in [0.25, 0.3) is 0 Å². The third kappa shape index (κ3) is 3.96. The molecule has 2 aromatic carbocycles. The Kier molecular flexibility index (Phi) is 5.59. The molecular weight excluding hydrogens is 356 g/mol. The van der Waals surface area contributed by atoms with E-state index in [9.17, 15) is 19.5 Å². The largest absolute Gasteiger partial charge is 0.503 e. The lowest BCUT2D eigenvalue weighted by Gasteiger charge is -2.27. The van der Waals surface area contributed by atoms with E-state index in [0.29, 0.717) is 24.2 Å². The van der Waals surface area contributed by atoms with Crippen molar-refractivity contribution in [1.29, 1.82) is 0 Å². The normalized spacial score (nSPS) is 16.4. The molecular formula is C22H22N2O4. The Hall–Kier alpha value is -3.41. The number of nitrogens with zero attached hydrogens (tertiary/aromatic N) is 1. The van der Waals surface area contributed by atoms with Gasteiger partial charge in [-0.1, -0.05) is 42.5 Å². The molecule has 2 amide bonds. The first kappa shape index (κ1) is 19.4. The molecule has 0 saturated carbocycles. The van der Waals surface area contributed by atoms with E-state index in [0.717, 1.165) is 5.56 Å². The summed E-state index contributed by atoms with van der Waals surface area (Å²) in [6.07, 6.45) is 0.603. The average Bonchev–Trinajstić information content (AvgIpc) is 2.92. The van der Waals surface area contributed by atoms with Gasteiger partial charge in [0.1, 0.15) is 0 Å². The van der Waals surface area contributed by atoms with E-state index < -0.39 is 17.7 Å². The number of carbonyl (C=O) groups is 3. The topological polar surface area (TPSA) is 86.7 Å². The van der Waals surface area contributed by atoms with Crippen LogP contribution in [0.3, 0.4) is 0 Å². The first-order valence-corrected chi connectivity index (χ1v) is 9.05. The van der Waals surface area contributed by atoms with Crippen molar-refractivity contribution >= 4 is 23.3 Å². The van der Waals surface area contributed by atoms with Crippen LogP contribution in [0.15, 0.2) is 65.9 Å². The van der Waals surface area contributed by atoms with Crippen molar-refractivity contribution in [3.05, 3.63) is 77.1 Å². The number of amides is 2. The van der Waals surface area contributed by atoms with Crippen molar-refractivity contribution in [2.24, 2.45) is 0 Å². The fourth-order valence-corrected chi connectivity index (χ4v) is 3.44. The molecule has 0 aromatic heterocycles. The molecule has 1 heterocycles. The van der Waals surface area contributed by atoms with Crippen LogP contribution in [-0.4, -0.2) is 34.1 Å². The zero-order chi connectivity index (χ0) is 20.3. The Morgan fingerprint density at radius 1 is 1.04 bits per heavy atom. The molecule has 0 aliphatic carbocycles. The highest BCUT2D eigenvalue weighted by molar-refractivity contribution is 6.08. The highest BCUT2D eigenvalue weighted by atomic mass is 16.3. The van der Waals surface area contributed by atoms with Gasteiger partial charge in [-0.05, 0) is 36.6 Å². The molecule has 0 bridgehead atoms. The molecule has 2 N–H and O–H groups in total. The first-order chi connectivity index (χ1) is 13.4. The van der Waals surface area contributed by atoms with Crippen molar-refractivity contribution in [2.75, 3.05) is 11.9 Å². The predicted molar refractivity (Wildman–Crippen MR) is 106 cm³/mol. The second-order valence-corrected chi connectivity index (χ2v) is 6.76. The van der Waals surface area contributed by atoms with Gasteiger partial charge in [-0.3, -0.25) is 14.4 Å². The summed E-state index contributed by atoms with van der Waals surface area (Å²) in [4.78, 5) is 37.5. The minimum absolute atomic E-state index is 0.102. The number of ketones is 1. The Morgan fingerprint density at radius 3 is 2.25 bits per heavy atom. The number of rotatable bonds is 6. The second-order valence-electron chi connectivity index (χ2n) is 6.76. The highest BCUT2D eigenvalue weighted by Gasteiger charge is 2.41. The third-order valence-electron chi connectivity index (χ3n) is 4.71. The molecule has 6 heteroatoms. The average molecular weight is 378 g/mol. The van der Waals surface area contributed by atoms with Crippen LogP contribution in [0.1, 0.15) is 31.0 Å². The van der Waals surface area contributed by atoms with Crippen LogP contribution >= 0.6 is 0 Å². The SMILES string of the molecule is CC(=O)Nc1ccc(C2C(C(C)=O)=C(O)C(=O)N2CCc2ccccc2)cc1. The monoisotopic (exact) mass is 378 g/mol. The molecule has 3 rings (SSSR count). The van der Waals surface area contributed by atoms with Gasteiger partial charge in [-0.25, -0.2) is 0 Å². The van der Waals surface area contributed by atoms with Crippen LogP contribution in [0.2, 0.25) is 0 Å². The molecule has 0 spiro atoms. The highest BCUT2D eigenvalue weighted by Crippen LogP contribution is 2.38. The third-order valence-corrected chi connectivity index (χ3v) is 4.71. The molecule has 144 valence electrons. The van der Waals surface area contributed by atoms with Gasteiger partial charge in [0.05, 0.1) is 11.6 Å². The summed E-state index contributed by atoms with van der Waals surface area (Å²) in [5, 5.41) is 13.0. The van der Waals surface area contributed by atoms with Crippen LogP contribution in [-0.2, 0) is 20.8 Å². The maximum atomic E-state index is 12.6. The summed E-state index contributed by atoms with van der Waals surface area (Å²) < 4.78 is 0. The fourth-order valence-electron chi connectivity index (χ4n) is 3.44. The van der Waals surface area contributed by atoms with Crippen molar-refractivity contribution in [3.63, 3.8) is 0 Å². The van der Waals surface area contributed by atoms with Crippen LogP contribution in [0.4, 0.5) is 5.69 Å². The fraction of sp³-hybridized carbons (Fsp3) is 0.227. The molecule has 2 aromatic rings. The number of nitrogens with one attached hydrogen (secondary N) is 1. The number of carbonyl (C=O) groups excluding carboxylic acids is 3. The summed E-state index contributed by atoms with van der Waals surface area (Å²) in [6, 6.07) is 16.0. The van der Waals surface area contributed by atoms with Gasteiger partial charge in [-0.2, -0.15) is 0 Å². The van der Waals surface area contributed by atoms with Crippen molar-refractivity contribution in [2.45, 2.75) is 26.3 Å². The van der Waals surface area contributed by atoms with E-state index in [4.69, 9.17) is 0 Å². The summed E-state index contributed by atoms with van der Waals surface area (Å²) in [6.45, 7) is 3.13. The van der Waals surface area contributed by atoms with E-state index in [2.05, 4.69) is 5.32 Å². The number of hydrogen-bond donors (Lipinski definition) is 2. The minimum Gasteiger partial charge on any atom is -0.503 e. The van der Waals surface area contributed by atoms with Gasteiger partial charge in [-0.15, -0.1) is 0 Å². The van der Waals surface area contributed by atoms with Gasteiger partial charge >= 0.3 is 0 Å². The first-order valence-electron chi connectivity index (χ1n) is 9.05. The Balaban J connectivity index is 1.91. The standard InChI is InChI=1S/C22H22N2O4/c1-14(25)19-20(17-8-10-18(11-9-17)23-15(2)26)24(22(28)21(19)27)13-12-16-6-4-3-5-7-16/h3-11,20,27H,12-13H2,1-2H3,(H,23,26). The lowest BCUT2D eigenvalue weighted by molar-refractivity contribution is -0.129. The number of Topliss-reactive ketones (excluding diaryl/α,β-unsaturated/α-hetero) is 1. The quantitative estimate of drug-likeness (QED) is 0.808. The molecule has 6 nitrogen and oxygen atoms in total. The van der Waals surface area contributed by atoms with Crippen LogP contribution < -0.4 is 5.32 Å². The van der Waals surface area contributed by atoms with E-state index in [-0.39, 0.29) is 17.3 Å². The summed E-state index contributed by atoms with van der Waals surface area (Å²) >= 11 is 0. The van der Waals surface area contributed by atoms with Gasteiger partial charge in [0.25, 0.3) is 5.91 Å². The maximum Gasteiger partial charge on any atom is 0.290 e. The molecule has 28 heavy (non-hydrogen) atoms. The number of anilines is 1. The van der Waals surface area contributed by atoms with Crippen molar-refractivity contribution in [3.8, 4) is 0 Å². The number of aliphatic hydroxyl groups is 1. The lowest BCUT2D eigenvalue weighted by Crippen LogP contribution is -2.32. The molecule has 1 aliphatic rings. The minimum atomic E-state index is -0.653. The molecule has 1 atom stereocenters. The van der Waals surface area contributed by atoms with Crippen LogP contribution in [0.5, 0.6) is 0 Å². The van der Waals surface area contributed by atoms with Gasteiger partial charge in [0.2, 0.25) is 5.91 Å². The number of hydrogen-bond acceptors (Lipinski definition) is 4. The maximum absolute atomic E-state index is 12.6. The van der Waals surface area contributed by atoms with Gasteiger partial charge < -0.3 is 15.3 Å². The molecule has 1 aliphatic heterocycles. The van der Waals surface area contributed by atoms with Crippen molar-refractivity contribution in [1.82, 2.24) is 4.90 Å². The summed E-state index contributed by atoms with van der Waals surface area (Å²) in [5.41, 5.74) is 2.48. The van der Waals surface area contributed by atoms with Crippen molar-refractivity contribution < 1.29 is 19.5 Å². The summed E-state index contributed by atoms with van der Waals surface area (Å²) in [5.74, 6) is -1.56. The molecule has 0 saturated heterocycles. The van der Waals surface area contributed by atoms with E-state index in [1.165, 1.54) is 18.7 Å². The van der Waals surface area contributed by atoms with E-state index in [1.54, 1.807) is 24.3 Å². The Labute approximate surface area is 163 Å². The van der Waals surface area contributed by atoms with Crippen LogP contribution in [0, 0.1) is 0 Å². The molecule has 0 radical (unpaired) electrons. The predicted octanol–water partition coefficient (Wildman–Crippen LogP) is 3.17. The Bertz CT molecular complexity index is 933. The van der Waals surface area contributed by atoms with E-state index in [1.807, 2.05) is 30.3 Å². The molecule has 1 unspecified atom stereocenters. The summed E-state index contributed by atoms with van der Waals surface area (Å²) in [7, 11) is 0. The zero-order valence-corrected chi connectivity index (χ0v) is 15.8. The van der Waals surface area contributed by atoms with Gasteiger partial charge in [0, 0.05) is 19.2 Å².